The number of aromatic nitrogens is 3. The first kappa shape index (κ1) is 26.5. The van der Waals surface area contributed by atoms with Crippen LogP contribution in [0.5, 0.6) is 0 Å². The standard InChI is InChI=1S/C22H35N7O2.HI/c1-4-17(5-2)19(29-12-14-30-15-13-29)16-26-22(23-3)25-11-9-20-27-21(31-28-20)18-8-6-7-10-24-18;/h6-8,10,17,19H,4-5,9,11-16H2,1-3H3,(H2,23,25,26);1H. The predicted octanol–water partition coefficient (Wildman–Crippen LogP) is 2.59. The van der Waals surface area contributed by atoms with Crippen LogP contribution in [0.3, 0.4) is 0 Å². The highest BCUT2D eigenvalue weighted by molar-refractivity contribution is 14.0. The molecule has 2 aromatic heterocycles. The zero-order valence-corrected chi connectivity index (χ0v) is 21.6. The second-order valence-corrected chi connectivity index (χ2v) is 7.65. The van der Waals surface area contributed by atoms with E-state index in [0.717, 1.165) is 38.8 Å². The minimum absolute atomic E-state index is 0. The van der Waals surface area contributed by atoms with E-state index >= 15 is 0 Å². The summed E-state index contributed by atoms with van der Waals surface area (Å²) in [5.74, 6) is 2.52. The summed E-state index contributed by atoms with van der Waals surface area (Å²) in [5.41, 5.74) is 0.683. The lowest BCUT2D eigenvalue weighted by Gasteiger charge is -2.39. The van der Waals surface area contributed by atoms with Crippen LogP contribution in [0, 0.1) is 5.92 Å². The lowest BCUT2D eigenvalue weighted by molar-refractivity contribution is 0.00272. The Hall–Kier alpha value is -1.79. The van der Waals surface area contributed by atoms with Crippen LogP contribution < -0.4 is 10.6 Å². The van der Waals surface area contributed by atoms with Crippen LogP contribution in [-0.4, -0.2) is 78.5 Å². The van der Waals surface area contributed by atoms with Gasteiger partial charge in [-0.15, -0.1) is 24.0 Å². The summed E-state index contributed by atoms with van der Waals surface area (Å²) in [4.78, 5) is 15.6. The molecule has 1 aliphatic rings. The molecule has 32 heavy (non-hydrogen) atoms. The Balaban J connectivity index is 0.00000363. The molecule has 2 aromatic rings. The third-order valence-electron chi connectivity index (χ3n) is 5.80. The van der Waals surface area contributed by atoms with Crippen LogP contribution >= 0.6 is 24.0 Å². The number of nitrogens with zero attached hydrogens (tertiary/aromatic N) is 5. The lowest BCUT2D eigenvalue weighted by Crippen LogP contribution is -2.53. The van der Waals surface area contributed by atoms with Crippen LogP contribution in [0.15, 0.2) is 33.9 Å². The summed E-state index contributed by atoms with van der Waals surface area (Å²) in [6, 6.07) is 6.08. The van der Waals surface area contributed by atoms with Gasteiger partial charge in [-0.25, -0.2) is 0 Å². The highest BCUT2D eigenvalue weighted by Crippen LogP contribution is 2.19. The minimum Gasteiger partial charge on any atom is -0.379 e. The van der Waals surface area contributed by atoms with Gasteiger partial charge in [0.05, 0.1) is 13.2 Å². The van der Waals surface area contributed by atoms with E-state index in [1.807, 2.05) is 18.2 Å². The summed E-state index contributed by atoms with van der Waals surface area (Å²) >= 11 is 0. The number of nitrogens with one attached hydrogen (secondary N) is 2. The Morgan fingerprint density at radius 2 is 1.97 bits per heavy atom. The van der Waals surface area contributed by atoms with Gasteiger partial charge < -0.3 is 19.9 Å². The Morgan fingerprint density at radius 3 is 2.62 bits per heavy atom. The SMILES string of the molecule is CCC(CC)C(CNC(=NC)NCCc1noc(-c2ccccn2)n1)N1CCOCC1.I. The number of hydrogen-bond acceptors (Lipinski definition) is 7. The van der Waals surface area contributed by atoms with Crippen LogP contribution in [0.1, 0.15) is 32.5 Å². The molecule has 178 valence electrons. The van der Waals surface area contributed by atoms with E-state index in [-0.39, 0.29) is 24.0 Å². The Kier molecular flexibility index (Phi) is 11.9. The number of rotatable bonds is 10. The fraction of sp³-hybridized carbons (Fsp3) is 0.636. The third-order valence-corrected chi connectivity index (χ3v) is 5.80. The molecule has 1 fully saturated rings. The van der Waals surface area contributed by atoms with Crippen molar-refractivity contribution in [3.8, 4) is 11.6 Å². The van der Waals surface area contributed by atoms with E-state index in [1.54, 1.807) is 13.2 Å². The first-order valence-corrected chi connectivity index (χ1v) is 11.2. The highest BCUT2D eigenvalue weighted by atomic mass is 127. The average Bonchev–Trinajstić information content (AvgIpc) is 3.30. The number of pyridine rings is 1. The van der Waals surface area contributed by atoms with Crippen LogP contribution in [0.4, 0.5) is 0 Å². The normalized spacial score (nSPS) is 15.9. The number of ether oxygens (including phenoxy) is 1. The monoisotopic (exact) mass is 557 g/mol. The summed E-state index contributed by atoms with van der Waals surface area (Å²) in [6.45, 7) is 9.68. The zero-order valence-electron chi connectivity index (χ0n) is 19.3. The molecule has 0 spiro atoms. The number of halogens is 1. The number of aliphatic imine (C=N–C) groups is 1. The Labute approximate surface area is 207 Å². The van der Waals surface area contributed by atoms with Crippen molar-refractivity contribution in [2.45, 2.75) is 39.2 Å². The summed E-state index contributed by atoms with van der Waals surface area (Å²) < 4.78 is 10.9. The third kappa shape index (κ3) is 7.66. The minimum atomic E-state index is 0. The maximum atomic E-state index is 5.55. The van der Waals surface area contributed by atoms with Crippen molar-refractivity contribution in [1.29, 1.82) is 0 Å². The molecule has 0 radical (unpaired) electrons. The lowest BCUT2D eigenvalue weighted by atomic mass is 9.92. The molecule has 0 saturated carbocycles. The fourth-order valence-corrected chi connectivity index (χ4v) is 4.00. The Morgan fingerprint density at radius 1 is 1.19 bits per heavy atom. The number of hydrogen-bond donors (Lipinski definition) is 2. The van der Waals surface area contributed by atoms with Crippen LogP contribution in [-0.2, 0) is 11.2 Å². The van der Waals surface area contributed by atoms with Gasteiger partial charge in [0.25, 0.3) is 5.89 Å². The van der Waals surface area contributed by atoms with E-state index in [0.29, 0.717) is 42.3 Å². The Bertz CT molecular complexity index is 793. The van der Waals surface area contributed by atoms with Gasteiger partial charge in [0.1, 0.15) is 5.69 Å². The molecule has 2 N–H and O–H groups in total. The molecule has 1 aliphatic heterocycles. The largest absolute Gasteiger partial charge is 0.379 e. The molecule has 0 bridgehead atoms. The van der Waals surface area contributed by atoms with E-state index in [2.05, 4.69) is 49.5 Å². The number of morpholine rings is 1. The molecule has 1 atom stereocenters. The highest BCUT2D eigenvalue weighted by Gasteiger charge is 2.27. The van der Waals surface area contributed by atoms with E-state index in [1.165, 1.54) is 12.8 Å². The van der Waals surface area contributed by atoms with Crippen LogP contribution in [0.2, 0.25) is 0 Å². The molecule has 9 nitrogen and oxygen atoms in total. The van der Waals surface area contributed by atoms with Crippen molar-refractivity contribution in [2.75, 3.05) is 46.4 Å². The van der Waals surface area contributed by atoms with Gasteiger partial charge in [-0.3, -0.25) is 14.9 Å². The van der Waals surface area contributed by atoms with Gasteiger partial charge in [-0.1, -0.05) is 37.9 Å². The molecular formula is C22H36IN7O2. The topological polar surface area (TPSA) is 101 Å². The quantitative estimate of drug-likeness (QED) is 0.261. The predicted molar refractivity (Wildman–Crippen MR) is 136 cm³/mol. The van der Waals surface area contributed by atoms with Crippen molar-refractivity contribution < 1.29 is 9.26 Å². The van der Waals surface area contributed by atoms with Gasteiger partial charge in [-0.2, -0.15) is 4.98 Å². The smallest absolute Gasteiger partial charge is 0.276 e. The molecule has 3 rings (SSSR count). The second-order valence-electron chi connectivity index (χ2n) is 7.65. The fourth-order valence-electron chi connectivity index (χ4n) is 4.00. The van der Waals surface area contributed by atoms with Gasteiger partial charge in [0.15, 0.2) is 11.8 Å². The van der Waals surface area contributed by atoms with Gasteiger partial charge in [0, 0.05) is 51.9 Å². The summed E-state index contributed by atoms with van der Waals surface area (Å²) in [6.07, 6.45) is 4.68. The summed E-state index contributed by atoms with van der Waals surface area (Å²) in [7, 11) is 1.80. The van der Waals surface area contributed by atoms with Crippen molar-refractivity contribution >= 4 is 29.9 Å². The first-order valence-electron chi connectivity index (χ1n) is 11.2. The average molecular weight is 557 g/mol. The van der Waals surface area contributed by atoms with Crippen molar-refractivity contribution in [3.05, 3.63) is 30.2 Å². The van der Waals surface area contributed by atoms with Crippen molar-refractivity contribution in [3.63, 3.8) is 0 Å². The van der Waals surface area contributed by atoms with Gasteiger partial charge >= 0.3 is 0 Å². The van der Waals surface area contributed by atoms with Gasteiger partial charge in [0.2, 0.25) is 0 Å². The first-order chi connectivity index (χ1) is 15.2. The molecule has 10 heteroatoms. The zero-order chi connectivity index (χ0) is 21.9. The molecule has 3 heterocycles. The van der Waals surface area contributed by atoms with Crippen LogP contribution in [0.25, 0.3) is 11.6 Å². The van der Waals surface area contributed by atoms with Crippen molar-refractivity contribution in [2.24, 2.45) is 10.9 Å². The molecule has 0 aliphatic carbocycles. The molecule has 1 saturated heterocycles. The molecular weight excluding hydrogens is 521 g/mol. The molecule has 0 aromatic carbocycles. The molecule has 0 amide bonds. The maximum Gasteiger partial charge on any atom is 0.276 e. The van der Waals surface area contributed by atoms with E-state index < -0.39 is 0 Å². The van der Waals surface area contributed by atoms with E-state index in [9.17, 15) is 0 Å². The summed E-state index contributed by atoms with van der Waals surface area (Å²) in [5, 5.41) is 10.9. The second kappa shape index (κ2) is 14.4. The van der Waals surface area contributed by atoms with Gasteiger partial charge in [-0.05, 0) is 18.1 Å². The van der Waals surface area contributed by atoms with E-state index in [4.69, 9.17) is 9.26 Å². The number of guanidine groups is 1. The maximum absolute atomic E-state index is 5.55. The molecule has 1 unspecified atom stereocenters. The van der Waals surface area contributed by atoms with Crippen molar-refractivity contribution in [1.82, 2.24) is 30.7 Å².